The summed E-state index contributed by atoms with van der Waals surface area (Å²) in [6.07, 6.45) is 0. The average Bonchev–Trinajstić information content (AvgIpc) is 2.08. The Balaban J connectivity index is 3.49. The zero-order chi connectivity index (χ0) is 9.30. The fourth-order valence-electron chi connectivity index (χ4n) is 1.32. The Kier molecular flexibility index (Phi) is 2.64. The van der Waals surface area contributed by atoms with Crippen molar-refractivity contribution in [2.24, 2.45) is 0 Å². The van der Waals surface area contributed by atoms with Gasteiger partial charge in [0.1, 0.15) is 0 Å². The van der Waals surface area contributed by atoms with Crippen LogP contribution in [0.25, 0.3) is 0 Å². The molecule has 0 aliphatic carbocycles. The molecular weight excluding hydrogens is 167 g/mol. The van der Waals surface area contributed by atoms with E-state index >= 15 is 0 Å². The van der Waals surface area contributed by atoms with Crippen molar-refractivity contribution in [3.05, 3.63) is 28.3 Å². The van der Waals surface area contributed by atoms with Crippen molar-refractivity contribution in [2.45, 2.75) is 27.7 Å². The molecule has 0 radical (unpaired) electrons. The molecule has 0 fully saturated rings. The van der Waals surface area contributed by atoms with Crippen LogP contribution >= 0.6 is 8.46 Å². The van der Waals surface area contributed by atoms with E-state index in [1.165, 1.54) is 22.3 Å². The van der Waals surface area contributed by atoms with E-state index in [1.807, 2.05) is 13.0 Å². The summed E-state index contributed by atoms with van der Waals surface area (Å²) in [6, 6.07) is 2.02. The third-order valence-corrected chi connectivity index (χ3v) is 3.33. The van der Waals surface area contributed by atoms with Crippen LogP contribution in [-0.4, -0.2) is 0 Å². The van der Waals surface area contributed by atoms with Gasteiger partial charge in [-0.25, -0.2) is 0 Å². The fourth-order valence-corrected chi connectivity index (χ4v) is 1.93. The van der Waals surface area contributed by atoms with Gasteiger partial charge in [0.15, 0.2) is 5.30 Å². The summed E-state index contributed by atoms with van der Waals surface area (Å²) in [5.74, 6) is 0. The van der Waals surface area contributed by atoms with Gasteiger partial charge in [0.05, 0.1) is 0 Å². The summed E-state index contributed by atoms with van der Waals surface area (Å²) >= 11 is 0. The molecule has 1 aromatic rings. The molecule has 0 saturated heterocycles. The minimum absolute atomic E-state index is 0.332. The molecule has 1 aromatic carbocycles. The molecule has 0 N–H and O–H groups in total. The van der Waals surface area contributed by atoms with Crippen LogP contribution in [0.4, 0.5) is 0 Å². The summed E-state index contributed by atoms with van der Waals surface area (Å²) < 4.78 is 10.8. The highest BCUT2D eigenvalue weighted by molar-refractivity contribution is 7.34. The van der Waals surface area contributed by atoms with Crippen molar-refractivity contribution in [3.8, 4) is 0 Å². The van der Waals surface area contributed by atoms with E-state index in [2.05, 4.69) is 20.8 Å². The molecule has 1 rings (SSSR count). The lowest BCUT2D eigenvalue weighted by atomic mass is 10.00. The Hall–Kier alpha value is -0.680. The second-order valence-electron chi connectivity index (χ2n) is 3.22. The van der Waals surface area contributed by atoms with E-state index in [4.69, 9.17) is 0 Å². The van der Waals surface area contributed by atoms with E-state index in [9.17, 15) is 4.57 Å². The minimum Gasteiger partial charge on any atom is -0.0707 e. The first-order valence-corrected chi connectivity index (χ1v) is 4.94. The topological polar surface area (TPSA) is 17.1 Å². The molecule has 2 heteroatoms. The Bertz CT molecular complexity index is 329. The van der Waals surface area contributed by atoms with Crippen LogP contribution in [-0.2, 0) is 4.57 Å². The van der Waals surface area contributed by atoms with Gasteiger partial charge >= 0.3 is 8.46 Å². The molecule has 1 nitrogen and oxygen atoms in total. The normalized spacial score (nSPS) is 10.7. The zero-order valence-electron chi connectivity index (χ0n) is 7.99. The van der Waals surface area contributed by atoms with E-state index in [0.717, 1.165) is 5.30 Å². The lowest BCUT2D eigenvalue weighted by molar-refractivity contribution is 0.603. The first kappa shape index (κ1) is 9.41. The highest BCUT2D eigenvalue weighted by Gasteiger charge is 2.11. The molecule has 0 amide bonds. The summed E-state index contributed by atoms with van der Waals surface area (Å²) in [6.45, 7) is 8.28. The molecule has 0 aliphatic heterocycles. The molecule has 1 atom stereocenters. The van der Waals surface area contributed by atoms with E-state index in [0.29, 0.717) is 0 Å². The molecule has 0 spiro atoms. The SMILES string of the molecule is Cc1cc([PH+]=O)c(C)c(C)c1C. The Morgan fingerprint density at radius 2 is 1.58 bits per heavy atom. The predicted molar refractivity (Wildman–Crippen MR) is 54.0 cm³/mol. The third-order valence-electron chi connectivity index (χ3n) is 2.59. The molecule has 1 unspecified atom stereocenters. The van der Waals surface area contributed by atoms with Crippen molar-refractivity contribution in [1.29, 1.82) is 0 Å². The Morgan fingerprint density at radius 1 is 1.00 bits per heavy atom. The monoisotopic (exact) mass is 181 g/mol. The molecule has 0 aliphatic rings. The van der Waals surface area contributed by atoms with Gasteiger partial charge in [0.2, 0.25) is 0 Å². The summed E-state index contributed by atoms with van der Waals surface area (Å²) in [7, 11) is -0.332. The standard InChI is InChI=1S/C10H13OP/c1-6-5-10(12-11)9(4)8(3)7(6)2/h5H,1-4H3/p+1. The number of aryl methyl sites for hydroxylation is 1. The zero-order valence-corrected chi connectivity index (χ0v) is 8.99. The van der Waals surface area contributed by atoms with Crippen LogP contribution in [0.3, 0.4) is 0 Å². The van der Waals surface area contributed by atoms with Crippen LogP contribution in [0.1, 0.15) is 22.3 Å². The highest BCUT2D eigenvalue weighted by atomic mass is 31.1. The van der Waals surface area contributed by atoms with Crippen LogP contribution in [0.15, 0.2) is 6.07 Å². The van der Waals surface area contributed by atoms with Gasteiger partial charge in [-0.15, -0.1) is 0 Å². The number of rotatable bonds is 1. The van der Waals surface area contributed by atoms with Gasteiger partial charge in [-0.05, 0) is 50.5 Å². The van der Waals surface area contributed by atoms with Crippen molar-refractivity contribution >= 4 is 13.8 Å². The number of benzene rings is 1. The van der Waals surface area contributed by atoms with E-state index < -0.39 is 0 Å². The molecule has 0 heterocycles. The van der Waals surface area contributed by atoms with E-state index in [1.54, 1.807) is 0 Å². The lowest BCUT2D eigenvalue weighted by Gasteiger charge is -2.06. The van der Waals surface area contributed by atoms with Crippen molar-refractivity contribution < 1.29 is 4.57 Å². The highest BCUT2D eigenvalue weighted by Crippen LogP contribution is 2.17. The molecular formula is C10H14OP+. The van der Waals surface area contributed by atoms with Crippen molar-refractivity contribution in [1.82, 2.24) is 0 Å². The van der Waals surface area contributed by atoms with Gasteiger partial charge < -0.3 is 0 Å². The Morgan fingerprint density at radius 3 is 2.08 bits per heavy atom. The van der Waals surface area contributed by atoms with Gasteiger partial charge in [0.25, 0.3) is 0 Å². The van der Waals surface area contributed by atoms with Crippen LogP contribution < -0.4 is 5.30 Å². The third kappa shape index (κ3) is 1.42. The molecule has 0 aromatic heterocycles. The van der Waals surface area contributed by atoms with Crippen molar-refractivity contribution in [2.75, 3.05) is 0 Å². The average molecular weight is 181 g/mol. The van der Waals surface area contributed by atoms with Crippen LogP contribution in [0.5, 0.6) is 0 Å². The maximum absolute atomic E-state index is 10.8. The number of hydrogen-bond donors (Lipinski definition) is 0. The largest absolute Gasteiger partial charge is 0.363 e. The Labute approximate surface area is 75.0 Å². The van der Waals surface area contributed by atoms with Gasteiger partial charge in [0, 0.05) is 5.56 Å². The van der Waals surface area contributed by atoms with Crippen LogP contribution in [0.2, 0.25) is 0 Å². The summed E-state index contributed by atoms with van der Waals surface area (Å²) in [5.41, 5.74) is 4.99. The maximum atomic E-state index is 10.8. The van der Waals surface area contributed by atoms with E-state index in [-0.39, 0.29) is 8.46 Å². The fraction of sp³-hybridized carbons (Fsp3) is 0.400. The minimum atomic E-state index is -0.332. The molecule has 0 saturated carbocycles. The van der Waals surface area contributed by atoms with Crippen molar-refractivity contribution in [3.63, 3.8) is 0 Å². The maximum Gasteiger partial charge on any atom is 0.363 e. The lowest BCUT2D eigenvalue weighted by Crippen LogP contribution is -2.04. The second kappa shape index (κ2) is 3.37. The molecule has 64 valence electrons. The van der Waals surface area contributed by atoms with Gasteiger partial charge in [-0.1, -0.05) is 4.57 Å². The first-order chi connectivity index (χ1) is 5.57. The molecule has 12 heavy (non-hydrogen) atoms. The van der Waals surface area contributed by atoms with Gasteiger partial charge in [-0.3, -0.25) is 0 Å². The summed E-state index contributed by atoms with van der Waals surface area (Å²) in [4.78, 5) is 0. The second-order valence-corrected chi connectivity index (χ2v) is 3.96. The molecule has 0 bridgehead atoms. The smallest absolute Gasteiger partial charge is 0.0707 e. The summed E-state index contributed by atoms with van der Waals surface area (Å²) in [5, 5.41) is 0.968. The van der Waals surface area contributed by atoms with Gasteiger partial charge in [-0.2, -0.15) is 0 Å². The first-order valence-electron chi connectivity index (χ1n) is 4.03. The quantitative estimate of drug-likeness (QED) is 0.608. The predicted octanol–water partition coefficient (Wildman–Crippen LogP) is 2.57. The number of hydrogen-bond acceptors (Lipinski definition) is 1. The van der Waals surface area contributed by atoms with Crippen LogP contribution in [0, 0.1) is 27.7 Å².